The average Bonchev–Trinajstić information content (AvgIpc) is 2.73. The lowest BCUT2D eigenvalue weighted by molar-refractivity contribution is 0.0602. The average molecular weight is 385 g/mol. The van der Waals surface area contributed by atoms with E-state index in [9.17, 15) is 4.79 Å². The van der Waals surface area contributed by atoms with Gasteiger partial charge in [0.15, 0.2) is 5.11 Å². The van der Waals surface area contributed by atoms with Crippen molar-refractivity contribution in [2.75, 3.05) is 45.2 Å². The number of methoxy groups -OCH3 is 1. The monoisotopic (exact) mass is 384 g/mol. The molecule has 0 saturated carbocycles. The predicted octanol–water partition coefficient (Wildman–Crippen LogP) is 2.43. The van der Waals surface area contributed by atoms with Gasteiger partial charge in [-0.1, -0.05) is 12.1 Å². The van der Waals surface area contributed by atoms with Crippen molar-refractivity contribution in [2.45, 2.75) is 6.42 Å². The topological polar surface area (TPSA) is 57.7 Å². The van der Waals surface area contributed by atoms with Crippen molar-refractivity contribution in [3.8, 4) is 0 Å². The number of thiocarbonyl (C=S) groups is 1. The number of hydrogen-bond donors (Lipinski definition) is 1. The van der Waals surface area contributed by atoms with Gasteiger partial charge in [-0.3, -0.25) is 9.88 Å². The van der Waals surface area contributed by atoms with Crippen LogP contribution in [-0.4, -0.2) is 65.7 Å². The Morgan fingerprint density at radius 3 is 2.56 bits per heavy atom. The van der Waals surface area contributed by atoms with Crippen LogP contribution < -0.4 is 5.32 Å². The highest BCUT2D eigenvalue weighted by atomic mass is 32.1. The maximum Gasteiger partial charge on any atom is 0.339 e. The number of para-hydroxylation sites is 1. The van der Waals surface area contributed by atoms with Crippen LogP contribution in [-0.2, 0) is 11.2 Å². The van der Waals surface area contributed by atoms with Crippen LogP contribution in [0.25, 0.3) is 0 Å². The Labute approximate surface area is 165 Å². The van der Waals surface area contributed by atoms with Crippen molar-refractivity contribution in [3.05, 3.63) is 59.9 Å². The number of carbonyl (C=O) groups is 1. The minimum atomic E-state index is -0.373. The number of ether oxygens (including phenoxy) is 1. The molecule has 0 radical (unpaired) electrons. The molecule has 27 heavy (non-hydrogen) atoms. The van der Waals surface area contributed by atoms with Crippen LogP contribution in [0.2, 0.25) is 0 Å². The van der Waals surface area contributed by atoms with Crippen molar-refractivity contribution in [1.29, 1.82) is 0 Å². The molecule has 0 aliphatic carbocycles. The molecule has 0 bridgehead atoms. The van der Waals surface area contributed by atoms with E-state index in [0.29, 0.717) is 16.4 Å². The first-order valence-corrected chi connectivity index (χ1v) is 9.42. The van der Waals surface area contributed by atoms with Crippen molar-refractivity contribution in [1.82, 2.24) is 14.8 Å². The number of esters is 1. The molecule has 0 atom stereocenters. The second-order valence-corrected chi connectivity index (χ2v) is 6.79. The summed E-state index contributed by atoms with van der Waals surface area (Å²) in [6.45, 7) is 4.69. The van der Waals surface area contributed by atoms with Gasteiger partial charge in [-0.15, -0.1) is 0 Å². The molecule has 1 aromatic heterocycles. The molecule has 1 saturated heterocycles. The molecule has 2 heterocycles. The van der Waals surface area contributed by atoms with Crippen LogP contribution in [0.3, 0.4) is 0 Å². The molecule has 0 spiro atoms. The lowest BCUT2D eigenvalue weighted by atomic mass is 10.2. The maximum atomic E-state index is 11.9. The molecule has 6 nitrogen and oxygen atoms in total. The van der Waals surface area contributed by atoms with E-state index >= 15 is 0 Å². The zero-order valence-corrected chi connectivity index (χ0v) is 16.2. The summed E-state index contributed by atoms with van der Waals surface area (Å²) in [7, 11) is 1.38. The van der Waals surface area contributed by atoms with Crippen LogP contribution >= 0.6 is 12.2 Å². The van der Waals surface area contributed by atoms with E-state index in [4.69, 9.17) is 17.0 Å². The van der Waals surface area contributed by atoms with Crippen molar-refractivity contribution in [3.63, 3.8) is 0 Å². The first-order chi connectivity index (χ1) is 13.2. The summed E-state index contributed by atoms with van der Waals surface area (Å²) in [6, 6.07) is 11.4. The second-order valence-electron chi connectivity index (χ2n) is 6.40. The van der Waals surface area contributed by atoms with Crippen molar-refractivity contribution in [2.24, 2.45) is 0 Å². The van der Waals surface area contributed by atoms with Gasteiger partial charge in [0, 0.05) is 45.1 Å². The SMILES string of the molecule is COC(=O)c1ccccc1NC(=S)N1CCN(CCc2ccncc2)CC1. The van der Waals surface area contributed by atoms with E-state index in [1.54, 1.807) is 6.07 Å². The lowest BCUT2D eigenvalue weighted by Gasteiger charge is -2.36. The zero-order valence-electron chi connectivity index (χ0n) is 15.4. The van der Waals surface area contributed by atoms with E-state index in [-0.39, 0.29) is 5.97 Å². The molecule has 1 aliphatic rings. The third-order valence-electron chi connectivity index (χ3n) is 4.70. The summed E-state index contributed by atoms with van der Waals surface area (Å²) in [4.78, 5) is 20.5. The summed E-state index contributed by atoms with van der Waals surface area (Å²) >= 11 is 5.56. The van der Waals surface area contributed by atoms with Gasteiger partial charge >= 0.3 is 5.97 Å². The zero-order chi connectivity index (χ0) is 19.1. The fourth-order valence-electron chi connectivity index (χ4n) is 3.09. The van der Waals surface area contributed by atoms with Crippen molar-refractivity contribution < 1.29 is 9.53 Å². The van der Waals surface area contributed by atoms with E-state index in [0.717, 1.165) is 39.1 Å². The number of pyridine rings is 1. The minimum Gasteiger partial charge on any atom is -0.465 e. The maximum absolute atomic E-state index is 11.9. The van der Waals surface area contributed by atoms with Gasteiger partial charge in [-0.2, -0.15) is 0 Å². The molecule has 2 aromatic rings. The molecule has 7 heteroatoms. The van der Waals surface area contributed by atoms with Crippen LogP contribution in [0.15, 0.2) is 48.8 Å². The van der Waals surface area contributed by atoms with E-state index < -0.39 is 0 Å². The van der Waals surface area contributed by atoms with E-state index in [2.05, 4.69) is 32.2 Å². The molecule has 1 aliphatic heterocycles. The van der Waals surface area contributed by atoms with Crippen LogP contribution in [0.5, 0.6) is 0 Å². The highest BCUT2D eigenvalue weighted by Gasteiger charge is 2.20. The molecular formula is C20H24N4O2S. The Morgan fingerprint density at radius 1 is 1.15 bits per heavy atom. The fourth-order valence-corrected chi connectivity index (χ4v) is 3.38. The van der Waals surface area contributed by atoms with Crippen LogP contribution in [0, 0.1) is 0 Å². The number of benzene rings is 1. The number of piperazine rings is 1. The number of nitrogens with zero attached hydrogens (tertiary/aromatic N) is 3. The number of carbonyl (C=O) groups excluding carboxylic acids is 1. The fraction of sp³-hybridized carbons (Fsp3) is 0.350. The van der Waals surface area contributed by atoms with E-state index in [1.165, 1.54) is 12.7 Å². The summed E-state index contributed by atoms with van der Waals surface area (Å²) in [6.07, 6.45) is 4.70. The summed E-state index contributed by atoms with van der Waals surface area (Å²) < 4.78 is 4.84. The number of aromatic nitrogens is 1. The first kappa shape index (κ1) is 19.3. The highest BCUT2D eigenvalue weighted by Crippen LogP contribution is 2.17. The number of hydrogen-bond acceptors (Lipinski definition) is 5. The molecular weight excluding hydrogens is 360 g/mol. The molecule has 1 fully saturated rings. The molecule has 1 aromatic carbocycles. The van der Waals surface area contributed by atoms with Crippen LogP contribution in [0.4, 0.5) is 5.69 Å². The van der Waals surface area contributed by atoms with Gasteiger partial charge in [0.05, 0.1) is 18.4 Å². The van der Waals surface area contributed by atoms with E-state index in [1.807, 2.05) is 30.6 Å². The molecule has 1 N–H and O–H groups in total. The summed E-state index contributed by atoms with van der Waals surface area (Å²) in [5, 5.41) is 3.84. The molecule has 3 rings (SSSR count). The Kier molecular flexibility index (Phi) is 6.73. The standard InChI is InChI=1S/C20H24N4O2S/c1-26-19(25)17-4-2-3-5-18(17)22-20(27)24-14-12-23(13-15-24)11-8-16-6-9-21-10-7-16/h2-7,9-10H,8,11-15H2,1H3,(H,22,27). The Balaban J connectivity index is 1.50. The van der Waals surface area contributed by atoms with Gasteiger partial charge < -0.3 is 15.0 Å². The van der Waals surface area contributed by atoms with Crippen molar-refractivity contribution >= 4 is 29.0 Å². The Hall–Kier alpha value is -2.51. The second kappa shape index (κ2) is 9.43. The number of nitrogens with one attached hydrogen (secondary N) is 1. The van der Waals surface area contributed by atoms with Gasteiger partial charge in [-0.25, -0.2) is 4.79 Å². The summed E-state index contributed by atoms with van der Waals surface area (Å²) in [5.74, 6) is -0.373. The third kappa shape index (κ3) is 5.24. The third-order valence-corrected chi connectivity index (χ3v) is 5.06. The van der Waals surface area contributed by atoms with Gasteiger partial charge in [0.25, 0.3) is 0 Å². The molecule has 0 unspecified atom stereocenters. The quantitative estimate of drug-likeness (QED) is 0.628. The lowest BCUT2D eigenvalue weighted by Crippen LogP contribution is -2.50. The van der Waals surface area contributed by atoms with Gasteiger partial charge in [0.1, 0.15) is 0 Å². The largest absolute Gasteiger partial charge is 0.465 e. The predicted molar refractivity (Wildman–Crippen MR) is 110 cm³/mol. The Bertz CT molecular complexity index is 777. The normalized spacial score (nSPS) is 14.6. The highest BCUT2D eigenvalue weighted by molar-refractivity contribution is 7.80. The Morgan fingerprint density at radius 2 is 1.85 bits per heavy atom. The number of anilines is 1. The van der Waals surface area contributed by atoms with Gasteiger partial charge in [-0.05, 0) is 48.5 Å². The summed E-state index contributed by atoms with van der Waals surface area (Å²) in [5.41, 5.74) is 2.47. The smallest absolute Gasteiger partial charge is 0.339 e. The molecule has 0 amide bonds. The molecule has 142 valence electrons. The first-order valence-electron chi connectivity index (χ1n) is 9.02. The van der Waals surface area contributed by atoms with Crippen LogP contribution in [0.1, 0.15) is 15.9 Å². The van der Waals surface area contributed by atoms with Gasteiger partial charge in [0.2, 0.25) is 0 Å². The minimum absolute atomic E-state index is 0.373. The number of rotatable bonds is 5.